The van der Waals surface area contributed by atoms with Gasteiger partial charge in [0.2, 0.25) is 0 Å². The molecule has 0 aromatic heterocycles. The third-order valence-corrected chi connectivity index (χ3v) is 2.17. The van der Waals surface area contributed by atoms with Crippen LogP contribution in [0.25, 0.3) is 16.8 Å². The Morgan fingerprint density at radius 2 is 1.79 bits per heavy atom. The fourth-order valence-electron chi connectivity index (χ4n) is 1.46. The second kappa shape index (κ2) is 3.97. The Morgan fingerprint density at radius 1 is 1.00 bits per heavy atom. The molecular formula is C13H12O. The Labute approximate surface area is 83.6 Å². The number of hydrogen-bond acceptors (Lipinski definition) is 1. The standard InChI is InChI=1S/C13H12O/c1-14-9-8-11-6-7-12-4-2-3-5-13(12)10-11/h2-10H,1H3/b9-8-. The van der Waals surface area contributed by atoms with Gasteiger partial charge in [-0.2, -0.15) is 0 Å². The van der Waals surface area contributed by atoms with Crippen molar-refractivity contribution in [2.75, 3.05) is 7.11 Å². The molecule has 2 aromatic rings. The highest BCUT2D eigenvalue weighted by atomic mass is 16.5. The maximum atomic E-state index is 4.88. The topological polar surface area (TPSA) is 9.23 Å². The first-order valence-corrected chi connectivity index (χ1v) is 4.58. The zero-order valence-electron chi connectivity index (χ0n) is 8.10. The number of benzene rings is 2. The van der Waals surface area contributed by atoms with Crippen LogP contribution in [-0.4, -0.2) is 7.11 Å². The largest absolute Gasteiger partial charge is 0.504 e. The van der Waals surface area contributed by atoms with E-state index in [1.165, 1.54) is 10.8 Å². The van der Waals surface area contributed by atoms with Crippen LogP contribution >= 0.6 is 0 Å². The lowest BCUT2D eigenvalue weighted by atomic mass is 10.1. The summed E-state index contributed by atoms with van der Waals surface area (Å²) < 4.78 is 4.88. The first-order valence-electron chi connectivity index (χ1n) is 4.58. The molecule has 0 radical (unpaired) electrons. The molecule has 2 aromatic carbocycles. The minimum Gasteiger partial charge on any atom is -0.504 e. The summed E-state index contributed by atoms with van der Waals surface area (Å²) in [6.07, 6.45) is 3.64. The highest BCUT2D eigenvalue weighted by Gasteiger charge is 1.92. The van der Waals surface area contributed by atoms with Gasteiger partial charge < -0.3 is 4.74 Å². The summed E-state index contributed by atoms with van der Waals surface area (Å²) in [6, 6.07) is 14.7. The lowest BCUT2D eigenvalue weighted by Gasteiger charge is -1.98. The Balaban J connectivity index is 2.46. The highest BCUT2D eigenvalue weighted by molar-refractivity contribution is 5.84. The van der Waals surface area contributed by atoms with Gasteiger partial charge in [0.25, 0.3) is 0 Å². The predicted molar refractivity (Wildman–Crippen MR) is 60.0 cm³/mol. The van der Waals surface area contributed by atoms with Crippen molar-refractivity contribution in [3.63, 3.8) is 0 Å². The quantitative estimate of drug-likeness (QED) is 0.649. The molecule has 0 amide bonds. The molecule has 1 nitrogen and oxygen atoms in total. The van der Waals surface area contributed by atoms with E-state index in [2.05, 4.69) is 30.3 Å². The molecule has 0 aliphatic carbocycles. The summed E-state index contributed by atoms with van der Waals surface area (Å²) in [7, 11) is 1.65. The van der Waals surface area contributed by atoms with E-state index in [0.29, 0.717) is 0 Å². The maximum Gasteiger partial charge on any atom is 0.0830 e. The van der Waals surface area contributed by atoms with E-state index in [1.807, 2.05) is 18.2 Å². The molecule has 0 unspecified atom stereocenters. The van der Waals surface area contributed by atoms with Crippen LogP contribution in [0.3, 0.4) is 0 Å². The molecule has 2 rings (SSSR count). The van der Waals surface area contributed by atoms with Crippen molar-refractivity contribution < 1.29 is 4.74 Å². The van der Waals surface area contributed by atoms with Gasteiger partial charge in [0, 0.05) is 0 Å². The smallest absolute Gasteiger partial charge is 0.0830 e. The number of rotatable bonds is 2. The zero-order chi connectivity index (χ0) is 9.80. The molecule has 0 N–H and O–H groups in total. The molecule has 0 heterocycles. The van der Waals surface area contributed by atoms with Crippen molar-refractivity contribution in [2.24, 2.45) is 0 Å². The van der Waals surface area contributed by atoms with Gasteiger partial charge in [0.1, 0.15) is 0 Å². The van der Waals surface area contributed by atoms with Crippen LogP contribution in [0.5, 0.6) is 0 Å². The molecule has 0 spiro atoms. The van der Waals surface area contributed by atoms with Crippen LogP contribution < -0.4 is 0 Å². The number of methoxy groups -OCH3 is 1. The highest BCUT2D eigenvalue weighted by Crippen LogP contribution is 2.16. The van der Waals surface area contributed by atoms with Crippen LogP contribution in [0.4, 0.5) is 0 Å². The van der Waals surface area contributed by atoms with Crippen LogP contribution in [-0.2, 0) is 4.74 Å². The molecule has 0 atom stereocenters. The average Bonchev–Trinajstić information content (AvgIpc) is 2.26. The van der Waals surface area contributed by atoms with E-state index >= 15 is 0 Å². The number of ether oxygens (including phenoxy) is 1. The predicted octanol–water partition coefficient (Wildman–Crippen LogP) is 3.46. The van der Waals surface area contributed by atoms with E-state index in [0.717, 1.165) is 5.56 Å². The van der Waals surface area contributed by atoms with Crippen LogP contribution in [0.2, 0.25) is 0 Å². The SMILES string of the molecule is CO/C=C\c1ccc2ccccc2c1. The lowest BCUT2D eigenvalue weighted by Crippen LogP contribution is -1.75. The van der Waals surface area contributed by atoms with E-state index in [1.54, 1.807) is 13.4 Å². The van der Waals surface area contributed by atoms with Crippen molar-refractivity contribution in [3.8, 4) is 0 Å². The van der Waals surface area contributed by atoms with E-state index < -0.39 is 0 Å². The average molecular weight is 184 g/mol. The first kappa shape index (κ1) is 8.82. The summed E-state index contributed by atoms with van der Waals surface area (Å²) in [5.74, 6) is 0. The van der Waals surface area contributed by atoms with Crippen molar-refractivity contribution >= 4 is 16.8 Å². The zero-order valence-corrected chi connectivity index (χ0v) is 8.10. The molecule has 0 bridgehead atoms. The van der Waals surface area contributed by atoms with Gasteiger partial charge in [-0.15, -0.1) is 0 Å². The first-order chi connectivity index (χ1) is 6.90. The van der Waals surface area contributed by atoms with Crippen LogP contribution in [0, 0.1) is 0 Å². The Morgan fingerprint density at radius 3 is 2.57 bits per heavy atom. The second-order valence-electron chi connectivity index (χ2n) is 3.15. The van der Waals surface area contributed by atoms with Gasteiger partial charge in [0.05, 0.1) is 13.4 Å². The molecule has 14 heavy (non-hydrogen) atoms. The van der Waals surface area contributed by atoms with Crippen molar-refractivity contribution in [3.05, 3.63) is 54.3 Å². The minimum atomic E-state index is 1.16. The third kappa shape index (κ3) is 1.77. The molecule has 0 saturated heterocycles. The van der Waals surface area contributed by atoms with Gasteiger partial charge in [-0.3, -0.25) is 0 Å². The normalized spacial score (nSPS) is 10.9. The minimum absolute atomic E-state index is 1.16. The molecule has 0 aliphatic heterocycles. The van der Waals surface area contributed by atoms with E-state index in [-0.39, 0.29) is 0 Å². The molecule has 0 aliphatic rings. The summed E-state index contributed by atoms with van der Waals surface area (Å²) in [4.78, 5) is 0. The van der Waals surface area contributed by atoms with Gasteiger partial charge in [-0.1, -0.05) is 36.4 Å². The van der Waals surface area contributed by atoms with Crippen LogP contribution in [0.1, 0.15) is 5.56 Å². The van der Waals surface area contributed by atoms with Crippen molar-refractivity contribution in [1.29, 1.82) is 0 Å². The summed E-state index contributed by atoms with van der Waals surface area (Å²) in [5, 5.41) is 2.52. The summed E-state index contributed by atoms with van der Waals surface area (Å²) >= 11 is 0. The fourth-order valence-corrected chi connectivity index (χ4v) is 1.46. The van der Waals surface area contributed by atoms with Gasteiger partial charge in [0.15, 0.2) is 0 Å². The van der Waals surface area contributed by atoms with E-state index in [9.17, 15) is 0 Å². The second-order valence-corrected chi connectivity index (χ2v) is 3.15. The van der Waals surface area contributed by atoms with Gasteiger partial charge in [-0.25, -0.2) is 0 Å². The summed E-state index contributed by atoms with van der Waals surface area (Å²) in [5.41, 5.74) is 1.16. The molecule has 70 valence electrons. The molecule has 0 saturated carbocycles. The monoisotopic (exact) mass is 184 g/mol. The van der Waals surface area contributed by atoms with Crippen molar-refractivity contribution in [2.45, 2.75) is 0 Å². The Bertz CT molecular complexity index is 457. The molecular weight excluding hydrogens is 172 g/mol. The Kier molecular flexibility index (Phi) is 2.50. The van der Waals surface area contributed by atoms with Crippen LogP contribution in [0.15, 0.2) is 48.7 Å². The number of fused-ring (bicyclic) bond motifs is 1. The molecule has 1 heteroatoms. The lowest BCUT2D eigenvalue weighted by molar-refractivity contribution is 0.341. The Hall–Kier alpha value is -1.76. The van der Waals surface area contributed by atoms with Gasteiger partial charge in [-0.05, 0) is 28.5 Å². The van der Waals surface area contributed by atoms with E-state index in [4.69, 9.17) is 4.74 Å². The maximum absolute atomic E-state index is 4.88. The molecule has 0 fully saturated rings. The fraction of sp³-hybridized carbons (Fsp3) is 0.0769. The third-order valence-electron chi connectivity index (χ3n) is 2.17. The van der Waals surface area contributed by atoms with Gasteiger partial charge >= 0.3 is 0 Å². The number of hydrogen-bond donors (Lipinski definition) is 0. The van der Waals surface area contributed by atoms with Crippen molar-refractivity contribution in [1.82, 2.24) is 0 Å². The summed E-state index contributed by atoms with van der Waals surface area (Å²) in [6.45, 7) is 0.